The van der Waals surface area contributed by atoms with Crippen LogP contribution in [0.2, 0.25) is 0 Å². The minimum absolute atomic E-state index is 0.102. The van der Waals surface area contributed by atoms with Crippen LogP contribution >= 0.6 is 0 Å². The zero-order valence-electron chi connectivity index (χ0n) is 16.4. The summed E-state index contributed by atoms with van der Waals surface area (Å²) in [4.78, 5) is 12.5. The van der Waals surface area contributed by atoms with Crippen molar-refractivity contribution in [2.75, 3.05) is 37.6 Å². The van der Waals surface area contributed by atoms with Crippen molar-refractivity contribution in [1.29, 1.82) is 5.26 Å². The molecule has 30 heavy (non-hydrogen) atoms. The van der Waals surface area contributed by atoms with E-state index in [-0.39, 0.29) is 18.0 Å². The number of nitrogens with two attached hydrogens (primary N) is 1. The van der Waals surface area contributed by atoms with E-state index in [1.165, 1.54) is 12.4 Å². The van der Waals surface area contributed by atoms with Gasteiger partial charge in [0.25, 0.3) is 0 Å². The molecule has 2 aliphatic heterocycles. The van der Waals surface area contributed by atoms with Crippen molar-refractivity contribution < 1.29 is 13.2 Å². The van der Waals surface area contributed by atoms with Crippen molar-refractivity contribution in [2.45, 2.75) is 25.1 Å². The van der Waals surface area contributed by atoms with E-state index in [9.17, 15) is 18.4 Å². The smallest absolute Gasteiger partial charge is 0.369 e. The molecule has 1 aromatic carbocycles. The van der Waals surface area contributed by atoms with Crippen LogP contribution in [0.4, 0.5) is 18.9 Å². The molecule has 0 amide bonds. The van der Waals surface area contributed by atoms with Crippen LogP contribution in [0.25, 0.3) is 11.0 Å². The van der Waals surface area contributed by atoms with E-state index in [0.29, 0.717) is 35.4 Å². The number of nitrogens with zero attached hydrogens (tertiary/aromatic N) is 5. The molecule has 3 aliphatic rings. The molecule has 3 fully saturated rings. The van der Waals surface area contributed by atoms with Crippen LogP contribution in [0.15, 0.2) is 24.5 Å². The molecule has 158 valence electrons. The lowest BCUT2D eigenvalue weighted by Crippen LogP contribution is -2.66. The summed E-state index contributed by atoms with van der Waals surface area (Å²) in [6.45, 7) is 2.36. The molecule has 2 aromatic rings. The maximum atomic E-state index is 13.9. The minimum atomic E-state index is -4.26. The molecule has 3 heterocycles. The van der Waals surface area contributed by atoms with E-state index in [1.807, 2.05) is 0 Å². The SMILES string of the molecule is N#Cc1ccc(N2C[C@H](CN3CC4(CC(N)C4)C3)[C@@H](C(F)(F)F)C2)c2nccnc12. The Morgan fingerprint density at radius 2 is 1.83 bits per heavy atom. The molecule has 2 atom stereocenters. The summed E-state index contributed by atoms with van der Waals surface area (Å²) in [6.07, 6.45) is 0.710. The van der Waals surface area contributed by atoms with Crippen LogP contribution in [0, 0.1) is 28.6 Å². The van der Waals surface area contributed by atoms with Gasteiger partial charge in [-0.05, 0) is 30.4 Å². The highest BCUT2D eigenvalue weighted by molar-refractivity contribution is 5.92. The lowest BCUT2D eigenvalue weighted by Gasteiger charge is -2.59. The fourth-order valence-electron chi connectivity index (χ4n) is 5.69. The quantitative estimate of drug-likeness (QED) is 0.828. The Morgan fingerprint density at radius 3 is 2.47 bits per heavy atom. The van der Waals surface area contributed by atoms with Crippen LogP contribution in [0.3, 0.4) is 0 Å². The Kier molecular flexibility index (Phi) is 4.42. The van der Waals surface area contributed by atoms with Gasteiger partial charge in [-0.15, -0.1) is 0 Å². The Hall–Kier alpha value is -2.44. The number of rotatable bonds is 3. The standard InChI is InChI=1S/C21H23F3N6/c22-21(23,24)16-10-30(9-14(16)8-29-11-20(12-29)5-15(26)6-20)17-2-1-13(7-25)18-19(17)28-4-3-27-18/h1-4,14-16H,5-6,8-12,26H2/t14-,16-/m0/s1. The van der Waals surface area contributed by atoms with Crippen molar-refractivity contribution in [3.8, 4) is 6.07 Å². The van der Waals surface area contributed by atoms with Crippen molar-refractivity contribution in [2.24, 2.45) is 23.0 Å². The predicted octanol–water partition coefficient (Wildman–Crippen LogP) is 2.54. The zero-order chi connectivity index (χ0) is 21.1. The fourth-order valence-corrected chi connectivity index (χ4v) is 5.69. The number of halogens is 3. The van der Waals surface area contributed by atoms with Gasteiger partial charge in [0.05, 0.1) is 17.2 Å². The van der Waals surface area contributed by atoms with Gasteiger partial charge < -0.3 is 15.5 Å². The van der Waals surface area contributed by atoms with Crippen LogP contribution in [-0.2, 0) is 0 Å². The number of benzene rings is 1. The Labute approximate surface area is 172 Å². The van der Waals surface area contributed by atoms with Gasteiger partial charge in [0, 0.05) is 57.1 Å². The van der Waals surface area contributed by atoms with Crippen LogP contribution < -0.4 is 10.6 Å². The van der Waals surface area contributed by atoms with Gasteiger partial charge in [0.15, 0.2) is 0 Å². The molecule has 6 nitrogen and oxygen atoms in total. The molecule has 1 aromatic heterocycles. The van der Waals surface area contributed by atoms with Crippen molar-refractivity contribution in [1.82, 2.24) is 14.9 Å². The average Bonchev–Trinajstić information content (AvgIpc) is 3.08. The molecule has 0 unspecified atom stereocenters. The van der Waals surface area contributed by atoms with Crippen molar-refractivity contribution in [3.05, 3.63) is 30.1 Å². The molecule has 2 N–H and O–H groups in total. The minimum Gasteiger partial charge on any atom is -0.369 e. The summed E-state index contributed by atoms with van der Waals surface area (Å²) < 4.78 is 41.6. The summed E-state index contributed by atoms with van der Waals surface area (Å²) in [5.41, 5.74) is 8.03. The summed E-state index contributed by atoms with van der Waals surface area (Å²) in [7, 11) is 0. The summed E-state index contributed by atoms with van der Waals surface area (Å²) >= 11 is 0. The van der Waals surface area contributed by atoms with Crippen LogP contribution in [0.5, 0.6) is 0 Å². The second-order valence-corrected chi connectivity index (χ2v) is 9.15. The third-order valence-corrected chi connectivity index (χ3v) is 6.93. The van der Waals surface area contributed by atoms with E-state index < -0.39 is 18.0 Å². The first-order valence-corrected chi connectivity index (χ1v) is 10.2. The third-order valence-electron chi connectivity index (χ3n) is 6.93. The average molecular weight is 416 g/mol. The summed E-state index contributed by atoms with van der Waals surface area (Å²) in [5.74, 6) is -1.89. The van der Waals surface area contributed by atoms with Gasteiger partial charge in [-0.2, -0.15) is 18.4 Å². The maximum Gasteiger partial charge on any atom is 0.393 e. The van der Waals surface area contributed by atoms with E-state index in [1.54, 1.807) is 17.0 Å². The molecule has 1 spiro atoms. The van der Waals surface area contributed by atoms with Crippen LogP contribution in [-0.4, -0.2) is 59.8 Å². The number of likely N-dealkylation sites (tertiary alicyclic amines) is 1. The van der Waals surface area contributed by atoms with Gasteiger partial charge in [-0.25, -0.2) is 0 Å². The number of fused-ring (bicyclic) bond motifs is 1. The maximum absolute atomic E-state index is 13.9. The largest absolute Gasteiger partial charge is 0.393 e. The molecule has 0 bridgehead atoms. The summed E-state index contributed by atoms with van der Waals surface area (Å²) in [5, 5.41) is 9.31. The highest BCUT2D eigenvalue weighted by Crippen LogP contribution is 2.49. The number of anilines is 1. The van der Waals surface area contributed by atoms with Crippen LogP contribution in [0.1, 0.15) is 18.4 Å². The Morgan fingerprint density at radius 1 is 1.13 bits per heavy atom. The highest BCUT2D eigenvalue weighted by atomic mass is 19.4. The molecule has 9 heteroatoms. The van der Waals surface area contributed by atoms with E-state index >= 15 is 0 Å². The molecular weight excluding hydrogens is 393 g/mol. The molecule has 2 saturated heterocycles. The topological polar surface area (TPSA) is 82.1 Å². The van der Waals surface area contributed by atoms with E-state index in [4.69, 9.17) is 5.73 Å². The second-order valence-electron chi connectivity index (χ2n) is 9.15. The fraction of sp³-hybridized carbons (Fsp3) is 0.571. The first-order chi connectivity index (χ1) is 14.3. The second kappa shape index (κ2) is 6.79. The number of nitriles is 1. The number of aromatic nitrogens is 2. The molecule has 5 rings (SSSR count). The first kappa shape index (κ1) is 19.5. The first-order valence-electron chi connectivity index (χ1n) is 10.2. The van der Waals surface area contributed by atoms with Gasteiger partial charge >= 0.3 is 6.18 Å². The highest BCUT2D eigenvalue weighted by Gasteiger charge is 2.54. The zero-order valence-corrected chi connectivity index (χ0v) is 16.4. The monoisotopic (exact) mass is 416 g/mol. The van der Waals surface area contributed by atoms with Crippen molar-refractivity contribution >= 4 is 16.7 Å². The van der Waals surface area contributed by atoms with Gasteiger partial charge in [0.2, 0.25) is 0 Å². The third kappa shape index (κ3) is 3.19. The molecule has 1 saturated carbocycles. The number of alkyl halides is 3. The lowest BCUT2D eigenvalue weighted by atomic mass is 9.61. The Balaban J connectivity index is 1.38. The van der Waals surface area contributed by atoms with E-state index in [2.05, 4.69) is 20.9 Å². The van der Waals surface area contributed by atoms with Gasteiger partial charge in [0.1, 0.15) is 17.1 Å². The van der Waals surface area contributed by atoms with Gasteiger partial charge in [-0.1, -0.05) is 0 Å². The Bertz CT molecular complexity index is 1000. The normalized spacial score (nSPS) is 26.6. The van der Waals surface area contributed by atoms with Gasteiger partial charge in [-0.3, -0.25) is 9.97 Å². The lowest BCUT2D eigenvalue weighted by molar-refractivity contribution is -0.183. The predicted molar refractivity (Wildman–Crippen MR) is 106 cm³/mol. The number of hydrogen-bond acceptors (Lipinski definition) is 6. The van der Waals surface area contributed by atoms with E-state index in [0.717, 1.165) is 25.9 Å². The molecule has 1 aliphatic carbocycles. The molecule has 0 radical (unpaired) electrons. The molecular formula is C21H23F3N6. The number of hydrogen-bond donors (Lipinski definition) is 1. The summed E-state index contributed by atoms with van der Waals surface area (Å²) in [6, 6.07) is 5.64. The van der Waals surface area contributed by atoms with Crippen molar-refractivity contribution in [3.63, 3.8) is 0 Å².